The summed E-state index contributed by atoms with van der Waals surface area (Å²) in [5, 5.41) is 41.2. The Labute approximate surface area is 162 Å². The molecule has 1 aliphatic rings. The lowest BCUT2D eigenvalue weighted by molar-refractivity contribution is -0.0506. The number of rotatable bonds is 5. The molecule has 0 radical (unpaired) electrons. The highest BCUT2D eigenvalue weighted by Crippen LogP contribution is 2.39. The van der Waals surface area contributed by atoms with Crippen LogP contribution in [0.4, 0.5) is 5.82 Å². The van der Waals surface area contributed by atoms with Crippen LogP contribution in [0.15, 0.2) is 60.7 Å². The Morgan fingerprint density at radius 2 is 1.64 bits per heavy atom. The zero-order valence-corrected chi connectivity index (χ0v) is 15.2. The molecule has 1 aromatic heterocycles. The lowest BCUT2D eigenvalue weighted by Gasteiger charge is -2.43. The van der Waals surface area contributed by atoms with E-state index in [-0.39, 0.29) is 0 Å². The molecule has 28 heavy (non-hydrogen) atoms. The second-order valence-electron chi connectivity index (χ2n) is 6.98. The number of aliphatic hydroxyl groups excluding tert-OH is 4. The minimum Gasteiger partial charge on any atom is -0.394 e. The molecule has 0 amide bonds. The Bertz CT molecular complexity index is 916. The number of aromatic nitrogens is 2. The summed E-state index contributed by atoms with van der Waals surface area (Å²) in [5.41, 5.74) is 2.19. The number of hydrogen-bond donors (Lipinski definition) is 5. The van der Waals surface area contributed by atoms with Crippen LogP contribution in [-0.4, -0.2) is 55.3 Å². The molecule has 2 aromatic carbocycles. The Morgan fingerprint density at radius 3 is 2.29 bits per heavy atom. The predicted molar refractivity (Wildman–Crippen MR) is 104 cm³/mol. The standard InChI is InChI=1S/C21H23N3O4/c25-12-15(26)17-19(28)18(27)16-21(24(17)11-13-7-3-1-4-8-13)23-20(22-16)14-9-5-2-6-10-14/h1-10,15,17-19,25-28H,11-12H2,(H,22,23)/t15?,17-,18+,19-/m0/s1. The lowest BCUT2D eigenvalue weighted by atomic mass is 9.92. The van der Waals surface area contributed by atoms with Crippen molar-refractivity contribution >= 4 is 5.82 Å². The van der Waals surface area contributed by atoms with E-state index >= 15 is 0 Å². The zero-order chi connectivity index (χ0) is 19.7. The van der Waals surface area contributed by atoms with Gasteiger partial charge in [0, 0.05) is 12.1 Å². The van der Waals surface area contributed by atoms with E-state index in [1.807, 2.05) is 60.7 Å². The third-order valence-corrected chi connectivity index (χ3v) is 5.14. The second-order valence-corrected chi connectivity index (χ2v) is 6.98. The SMILES string of the molecule is OCC(O)[C@H]1[C@H](O)[C@H](O)c2[nH]c(-c3ccccc3)nc2N1Cc1ccccc1. The van der Waals surface area contributed by atoms with Crippen molar-refractivity contribution in [3.63, 3.8) is 0 Å². The summed E-state index contributed by atoms with van der Waals surface area (Å²) in [6.07, 6.45) is -3.78. The first kappa shape index (κ1) is 18.6. The summed E-state index contributed by atoms with van der Waals surface area (Å²) >= 11 is 0. The van der Waals surface area contributed by atoms with Crippen LogP contribution in [0.2, 0.25) is 0 Å². The molecule has 1 aliphatic heterocycles. The second kappa shape index (κ2) is 7.73. The summed E-state index contributed by atoms with van der Waals surface area (Å²) in [5.74, 6) is 1.02. The number of fused-ring (bicyclic) bond motifs is 1. The molecule has 146 valence electrons. The molecule has 0 bridgehead atoms. The molecule has 0 saturated carbocycles. The van der Waals surface area contributed by atoms with Crippen LogP contribution in [0.5, 0.6) is 0 Å². The van der Waals surface area contributed by atoms with Crippen LogP contribution in [-0.2, 0) is 6.54 Å². The maximum Gasteiger partial charge on any atom is 0.154 e. The average Bonchev–Trinajstić information content (AvgIpc) is 3.19. The third kappa shape index (κ3) is 3.29. The van der Waals surface area contributed by atoms with Gasteiger partial charge in [0.05, 0.1) is 18.3 Å². The van der Waals surface area contributed by atoms with Crippen molar-refractivity contribution in [3.05, 3.63) is 71.9 Å². The van der Waals surface area contributed by atoms with Crippen molar-refractivity contribution in [2.45, 2.75) is 30.9 Å². The topological polar surface area (TPSA) is 113 Å². The summed E-state index contributed by atoms with van der Waals surface area (Å²) < 4.78 is 0. The van der Waals surface area contributed by atoms with Gasteiger partial charge in [0.2, 0.25) is 0 Å². The quantitative estimate of drug-likeness (QED) is 0.454. The summed E-state index contributed by atoms with van der Waals surface area (Å²) in [6.45, 7) is -0.177. The molecule has 0 fully saturated rings. The fourth-order valence-corrected chi connectivity index (χ4v) is 3.72. The van der Waals surface area contributed by atoms with Crippen molar-refractivity contribution in [2.75, 3.05) is 11.5 Å². The van der Waals surface area contributed by atoms with Gasteiger partial charge in [0.25, 0.3) is 0 Å². The fourth-order valence-electron chi connectivity index (χ4n) is 3.72. The number of nitrogens with one attached hydrogen (secondary N) is 1. The van der Waals surface area contributed by atoms with Crippen molar-refractivity contribution in [1.29, 1.82) is 0 Å². The van der Waals surface area contributed by atoms with Crippen LogP contribution in [0.3, 0.4) is 0 Å². The van der Waals surface area contributed by atoms with E-state index in [0.29, 0.717) is 23.9 Å². The smallest absolute Gasteiger partial charge is 0.154 e. The van der Waals surface area contributed by atoms with Crippen molar-refractivity contribution < 1.29 is 20.4 Å². The molecule has 5 N–H and O–H groups in total. The number of benzene rings is 2. The predicted octanol–water partition coefficient (Wildman–Crippen LogP) is 1.21. The summed E-state index contributed by atoms with van der Waals surface area (Å²) in [6, 6.07) is 18.2. The van der Waals surface area contributed by atoms with E-state index < -0.39 is 31.0 Å². The van der Waals surface area contributed by atoms with Gasteiger partial charge < -0.3 is 30.3 Å². The highest BCUT2D eigenvalue weighted by molar-refractivity contribution is 5.63. The first-order chi connectivity index (χ1) is 13.6. The largest absolute Gasteiger partial charge is 0.394 e. The monoisotopic (exact) mass is 381 g/mol. The number of aliphatic hydroxyl groups is 4. The van der Waals surface area contributed by atoms with Gasteiger partial charge in [-0.25, -0.2) is 4.98 Å². The number of nitrogens with zero attached hydrogens (tertiary/aromatic N) is 2. The molecule has 0 aliphatic carbocycles. The van der Waals surface area contributed by atoms with E-state index in [4.69, 9.17) is 0 Å². The highest BCUT2D eigenvalue weighted by Gasteiger charge is 2.45. The Balaban J connectivity index is 1.80. The van der Waals surface area contributed by atoms with Crippen LogP contribution in [0.25, 0.3) is 11.4 Å². The van der Waals surface area contributed by atoms with E-state index in [1.54, 1.807) is 4.90 Å². The third-order valence-electron chi connectivity index (χ3n) is 5.14. The van der Waals surface area contributed by atoms with Crippen LogP contribution in [0, 0.1) is 0 Å². The van der Waals surface area contributed by atoms with Crippen molar-refractivity contribution in [1.82, 2.24) is 9.97 Å². The fraction of sp³-hybridized carbons (Fsp3) is 0.286. The number of imidazole rings is 1. The van der Waals surface area contributed by atoms with E-state index in [0.717, 1.165) is 11.1 Å². The normalized spacial score (nSPS) is 22.7. The summed E-state index contributed by atoms with van der Waals surface area (Å²) in [4.78, 5) is 9.52. The first-order valence-electron chi connectivity index (χ1n) is 9.21. The van der Waals surface area contributed by atoms with Crippen LogP contribution >= 0.6 is 0 Å². The maximum absolute atomic E-state index is 10.7. The number of anilines is 1. The molecule has 7 nitrogen and oxygen atoms in total. The highest BCUT2D eigenvalue weighted by atomic mass is 16.3. The maximum atomic E-state index is 10.7. The van der Waals surface area contributed by atoms with E-state index in [9.17, 15) is 20.4 Å². The molecule has 1 unspecified atom stereocenters. The van der Waals surface area contributed by atoms with Gasteiger partial charge in [-0.3, -0.25) is 0 Å². The Morgan fingerprint density at radius 1 is 1.00 bits per heavy atom. The average molecular weight is 381 g/mol. The number of aromatic amines is 1. The van der Waals surface area contributed by atoms with Crippen molar-refractivity contribution in [3.8, 4) is 11.4 Å². The van der Waals surface area contributed by atoms with Gasteiger partial charge in [0.1, 0.15) is 24.1 Å². The molecule has 0 saturated heterocycles. The molecule has 3 aromatic rings. The van der Waals surface area contributed by atoms with E-state index in [1.165, 1.54) is 0 Å². The zero-order valence-electron chi connectivity index (χ0n) is 15.2. The van der Waals surface area contributed by atoms with Crippen LogP contribution in [0.1, 0.15) is 17.4 Å². The number of hydrogen-bond acceptors (Lipinski definition) is 6. The molecular weight excluding hydrogens is 358 g/mol. The van der Waals surface area contributed by atoms with Gasteiger partial charge in [-0.1, -0.05) is 60.7 Å². The Kier molecular flexibility index (Phi) is 5.15. The molecule has 2 heterocycles. The van der Waals surface area contributed by atoms with Crippen LogP contribution < -0.4 is 4.90 Å². The van der Waals surface area contributed by atoms with Gasteiger partial charge in [-0.15, -0.1) is 0 Å². The van der Waals surface area contributed by atoms with Gasteiger partial charge in [0.15, 0.2) is 5.82 Å². The molecule has 4 rings (SSSR count). The minimum absolute atomic E-state index is 0.360. The van der Waals surface area contributed by atoms with Gasteiger partial charge in [-0.05, 0) is 5.56 Å². The summed E-state index contributed by atoms with van der Waals surface area (Å²) in [7, 11) is 0. The molecule has 0 spiro atoms. The van der Waals surface area contributed by atoms with Gasteiger partial charge >= 0.3 is 0 Å². The van der Waals surface area contributed by atoms with E-state index in [2.05, 4.69) is 9.97 Å². The molecule has 4 atom stereocenters. The first-order valence-corrected chi connectivity index (χ1v) is 9.21. The lowest BCUT2D eigenvalue weighted by Crippen LogP contribution is -2.57. The minimum atomic E-state index is -1.29. The Hall–Kier alpha value is -2.71. The molecular formula is C21H23N3O4. The van der Waals surface area contributed by atoms with Crippen molar-refractivity contribution in [2.24, 2.45) is 0 Å². The van der Waals surface area contributed by atoms with Gasteiger partial charge in [-0.2, -0.15) is 0 Å². The molecule has 7 heteroatoms. The number of H-pyrrole nitrogens is 1.